The van der Waals surface area contributed by atoms with Gasteiger partial charge in [-0.3, -0.25) is 4.79 Å². The number of benzene rings is 1. The zero-order valence-corrected chi connectivity index (χ0v) is 14.2. The fourth-order valence-electron chi connectivity index (χ4n) is 2.45. The van der Waals surface area contributed by atoms with E-state index in [1.54, 1.807) is 0 Å². The molecule has 0 aliphatic carbocycles. The minimum atomic E-state index is 0.0356. The van der Waals surface area contributed by atoms with Crippen LogP contribution in [0.3, 0.4) is 0 Å². The zero-order chi connectivity index (χ0) is 15.8. The topological polar surface area (TPSA) is 32.3 Å². The molecule has 0 saturated heterocycles. The predicted molar refractivity (Wildman–Crippen MR) is 94.5 cm³/mol. The molecule has 2 aromatic rings. The number of amides is 1. The molecule has 0 aliphatic rings. The van der Waals surface area contributed by atoms with Gasteiger partial charge in [0.25, 0.3) is 5.91 Å². The average molecular weight is 316 g/mol. The summed E-state index contributed by atoms with van der Waals surface area (Å²) in [6.07, 6.45) is 0.986. The maximum atomic E-state index is 12.4. The fourth-order valence-corrected chi connectivity index (χ4v) is 3.29. The molecule has 118 valence electrons. The van der Waals surface area contributed by atoms with Gasteiger partial charge in [0.2, 0.25) is 0 Å². The Morgan fingerprint density at radius 3 is 2.55 bits per heavy atom. The number of nitrogens with one attached hydrogen (secondary N) is 1. The summed E-state index contributed by atoms with van der Waals surface area (Å²) in [4.78, 5) is 15.5. The van der Waals surface area contributed by atoms with E-state index in [0.717, 1.165) is 48.6 Å². The van der Waals surface area contributed by atoms with Crippen molar-refractivity contribution in [3.63, 3.8) is 0 Å². The van der Waals surface area contributed by atoms with Crippen LogP contribution in [-0.4, -0.2) is 37.0 Å². The van der Waals surface area contributed by atoms with Crippen LogP contribution in [-0.2, 0) is 0 Å². The maximum Gasteiger partial charge on any atom is 0.261 e. The van der Waals surface area contributed by atoms with E-state index in [1.165, 1.54) is 11.3 Å². The molecular weight excluding hydrogens is 292 g/mol. The second-order valence-corrected chi connectivity index (χ2v) is 6.08. The van der Waals surface area contributed by atoms with Gasteiger partial charge >= 0.3 is 0 Å². The number of thiophene rings is 1. The minimum absolute atomic E-state index is 0.0356. The van der Waals surface area contributed by atoms with Crippen LogP contribution < -0.4 is 5.32 Å². The molecule has 0 atom stereocenters. The monoisotopic (exact) mass is 316 g/mol. The Bertz CT molecular complexity index is 576. The summed E-state index contributed by atoms with van der Waals surface area (Å²) in [6, 6.07) is 12.1. The molecule has 0 saturated carbocycles. The number of carbonyl (C=O) groups excluding carboxylic acids is 1. The quantitative estimate of drug-likeness (QED) is 0.750. The minimum Gasteiger partial charge on any atom is -0.351 e. The lowest BCUT2D eigenvalue weighted by atomic mass is 10.1. The van der Waals surface area contributed by atoms with E-state index in [4.69, 9.17) is 0 Å². The first kappa shape index (κ1) is 16.7. The van der Waals surface area contributed by atoms with E-state index in [9.17, 15) is 4.79 Å². The molecule has 0 spiro atoms. The zero-order valence-electron chi connectivity index (χ0n) is 13.3. The van der Waals surface area contributed by atoms with Crippen molar-refractivity contribution in [3.05, 3.63) is 46.7 Å². The number of rotatable bonds is 8. The molecule has 0 fully saturated rings. The highest BCUT2D eigenvalue weighted by Crippen LogP contribution is 2.27. The highest BCUT2D eigenvalue weighted by atomic mass is 32.1. The molecule has 1 heterocycles. The van der Waals surface area contributed by atoms with Crippen molar-refractivity contribution in [1.82, 2.24) is 10.2 Å². The van der Waals surface area contributed by atoms with Crippen molar-refractivity contribution < 1.29 is 4.79 Å². The Morgan fingerprint density at radius 1 is 1.14 bits per heavy atom. The smallest absolute Gasteiger partial charge is 0.261 e. The van der Waals surface area contributed by atoms with E-state index >= 15 is 0 Å². The van der Waals surface area contributed by atoms with Gasteiger partial charge in [0, 0.05) is 12.1 Å². The molecule has 1 amide bonds. The van der Waals surface area contributed by atoms with Crippen LogP contribution in [0.4, 0.5) is 0 Å². The summed E-state index contributed by atoms with van der Waals surface area (Å²) in [5.41, 5.74) is 2.11. The fraction of sp³-hybridized carbons (Fsp3) is 0.389. The lowest BCUT2D eigenvalue weighted by Gasteiger charge is -2.17. The van der Waals surface area contributed by atoms with E-state index in [2.05, 4.69) is 24.1 Å². The van der Waals surface area contributed by atoms with Crippen LogP contribution in [0, 0.1) is 0 Å². The van der Waals surface area contributed by atoms with Crippen LogP contribution >= 0.6 is 11.3 Å². The number of hydrogen-bond acceptors (Lipinski definition) is 3. The second kappa shape index (κ2) is 8.71. The Labute approximate surface area is 137 Å². The first-order chi connectivity index (χ1) is 10.8. The maximum absolute atomic E-state index is 12.4. The summed E-state index contributed by atoms with van der Waals surface area (Å²) in [6.45, 7) is 8.21. The third kappa shape index (κ3) is 4.42. The molecule has 1 N–H and O–H groups in total. The standard InChI is InChI=1S/C18H24N2OS/c1-3-20(4-2)13-8-12-19-18(21)17-16(11-14-22-17)15-9-6-5-7-10-15/h5-7,9-11,14H,3-4,8,12-13H2,1-2H3,(H,19,21). The van der Waals surface area contributed by atoms with Crippen LogP contribution in [0.25, 0.3) is 11.1 Å². The summed E-state index contributed by atoms with van der Waals surface area (Å²) >= 11 is 1.50. The van der Waals surface area contributed by atoms with Gasteiger partial charge in [0.05, 0.1) is 4.88 Å². The first-order valence-electron chi connectivity index (χ1n) is 7.89. The van der Waals surface area contributed by atoms with Crippen molar-refractivity contribution in [2.45, 2.75) is 20.3 Å². The third-order valence-electron chi connectivity index (χ3n) is 3.79. The first-order valence-corrected chi connectivity index (χ1v) is 8.77. The Kier molecular flexibility index (Phi) is 6.62. The Hall–Kier alpha value is -1.65. The molecule has 0 bridgehead atoms. The molecule has 3 nitrogen and oxygen atoms in total. The second-order valence-electron chi connectivity index (χ2n) is 5.17. The summed E-state index contributed by atoms with van der Waals surface area (Å²) in [7, 11) is 0. The molecule has 0 unspecified atom stereocenters. The molecule has 0 radical (unpaired) electrons. The van der Waals surface area contributed by atoms with E-state index in [1.807, 2.05) is 41.8 Å². The van der Waals surface area contributed by atoms with Crippen LogP contribution in [0.5, 0.6) is 0 Å². The van der Waals surface area contributed by atoms with Crippen molar-refractivity contribution in [3.8, 4) is 11.1 Å². The largest absolute Gasteiger partial charge is 0.351 e. The number of hydrogen-bond donors (Lipinski definition) is 1. The van der Waals surface area contributed by atoms with Crippen molar-refractivity contribution in [1.29, 1.82) is 0 Å². The molecule has 22 heavy (non-hydrogen) atoms. The van der Waals surface area contributed by atoms with Gasteiger partial charge in [-0.1, -0.05) is 44.2 Å². The van der Waals surface area contributed by atoms with E-state index in [0.29, 0.717) is 0 Å². The van der Waals surface area contributed by atoms with Crippen molar-refractivity contribution in [2.24, 2.45) is 0 Å². The highest BCUT2D eigenvalue weighted by Gasteiger charge is 2.13. The van der Waals surface area contributed by atoms with Crippen LogP contribution in [0.2, 0.25) is 0 Å². The van der Waals surface area contributed by atoms with Crippen LogP contribution in [0.15, 0.2) is 41.8 Å². The van der Waals surface area contributed by atoms with Gasteiger partial charge in [0.1, 0.15) is 0 Å². The van der Waals surface area contributed by atoms with Gasteiger partial charge in [-0.05, 0) is 43.1 Å². The highest BCUT2D eigenvalue weighted by molar-refractivity contribution is 7.12. The van der Waals surface area contributed by atoms with E-state index < -0.39 is 0 Å². The Balaban J connectivity index is 1.90. The predicted octanol–water partition coefficient (Wildman–Crippen LogP) is 3.88. The lowest BCUT2D eigenvalue weighted by molar-refractivity contribution is 0.0956. The van der Waals surface area contributed by atoms with E-state index in [-0.39, 0.29) is 5.91 Å². The summed E-state index contributed by atoms with van der Waals surface area (Å²) < 4.78 is 0. The van der Waals surface area contributed by atoms with Gasteiger partial charge in [-0.15, -0.1) is 11.3 Å². The Morgan fingerprint density at radius 2 is 1.86 bits per heavy atom. The van der Waals surface area contributed by atoms with Gasteiger partial charge in [-0.25, -0.2) is 0 Å². The molecule has 1 aromatic carbocycles. The SMILES string of the molecule is CCN(CC)CCCNC(=O)c1sccc1-c1ccccc1. The van der Waals surface area contributed by atoms with Gasteiger partial charge in [0.15, 0.2) is 0 Å². The molecular formula is C18H24N2OS. The molecule has 0 aliphatic heterocycles. The lowest BCUT2D eigenvalue weighted by Crippen LogP contribution is -2.29. The van der Waals surface area contributed by atoms with Crippen LogP contribution in [0.1, 0.15) is 29.9 Å². The average Bonchev–Trinajstić information content (AvgIpc) is 3.05. The summed E-state index contributed by atoms with van der Waals surface area (Å²) in [5.74, 6) is 0.0356. The number of carbonyl (C=O) groups is 1. The molecule has 4 heteroatoms. The van der Waals surface area contributed by atoms with Crippen molar-refractivity contribution >= 4 is 17.2 Å². The van der Waals surface area contributed by atoms with Gasteiger partial charge < -0.3 is 10.2 Å². The van der Waals surface area contributed by atoms with Gasteiger partial charge in [-0.2, -0.15) is 0 Å². The number of nitrogens with zero attached hydrogens (tertiary/aromatic N) is 1. The van der Waals surface area contributed by atoms with Crippen molar-refractivity contribution in [2.75, 3.05) is 26.2 Å². The normalized spacial score (nSPS) is 10.9. The molecule has 2 rings (SSSR count). The summed E-state index contributed by atoms with van der Waals surface area (Å²) in [5, 5.41) is 5.02. The third-order valence-corrected chi connectivity index (χ3v) is 4.70. The molecule has 1 aromatic heterocycles.